The first-order chi connectivity index (χ1) is 12.5. The summed E-state index contributed by atoms with van der Waals surface area (Å²) < 4.78 is 12.9. The van der Waals surface area contributed by atoms with Crippen LogP contribution in [-0.4, -0.2) is 45.9 Å². The lowest BCUT2D eigenvalue weighted by Gasteiger charge is -2.17. The Balaban J connectivity index is 1.46. The third kappa shape index (κ3) is 4.54. The monoisotopic (exact) mass is 358 g/mol. The highest BCUT2D eigenvalue weighted by atomic mass is 19.1. The molecule has 1 fully saturated rings. The number of pyridine rings is 1. The Labute approximate surface area is 149 Å². The van der Waals surface area contributed by atoms with E-state index in [9.17, 15) is 14.0 Å². The molecular formula is C18H19FN4O3. The molecule has 0 radical (unpaired) electrons. The van der Waals surface area contributed by atoms with Crippen LogP contribution in [0.5, 0.6) is 5.75 Å². The lowest BCUT2D eigenvalue weighted by Crippen LogP contribution is -2.41. The average Bonchev–Trinajstić information content (AvgIpc) is 2.97. The largest absolute Gasteiger partial charge is 0.506 e. The van der Waals surface area contributed by atoms with Crippen molar-refractivity contribution < 1.29 is 19.1 Å². The first kappa shape index (κ1) is 17.8. The van der Waals surface area contributed by atoms with Gasteiger partial charge in [-0.2, -0.15) is 0 Å². The molecule has 136 valence electrons. The minimum atomic E-state index is -0.422. The third-order valence-corrected chi connectivity index (χ3v) is 4.11. The number of benzene rings is 1. The normalized spacial score (nSPS) is 16.7. The van der Waals surface area contributed by atoms with E-state index in [2.05, 4.69) is 15.6 Å². The molecule has 0 aliphatic carbocycles. The SMILES string of the molecule is O=C(CN[C@@H]1CCN(Cc2ccc(F)cc2)C1=O)Nc1ccc(O)cn1. The van der Waals surface area contributed by atoms with Crippen LogP contribution in [0.25, 0.3) is 0 Å². The van der Waals surface area contributed by atoms with Crippen LogP contribution < -0.4 is 10.6 Å². The van der Waals surface area contributed by atoms with Crippen molar-refractivity contribution in [1.29, 1.82) is 0 Å². The molecule has 1 aromatic heterocycles. The molecule has 3 rings (SSSR count). The van der Waals surface area contributed by atoms with Crippen molar-refractivity contribution in [1.82, 2.24) is 15.2 Å². The lowest BCUT2D eigenvalue weighted by molar-refractivity contribution is -0.130. The Morgan fingerprint density at radius 3 is 2.73 bits per heavy atom. The summed E-state index contributed by atoms with van der Waals surface area (Å²) in [5.74, 6) is -0.378. The Morgan fingerprint density at radius 1 is 1.27 bits per heavy atom. The number of amides is 2. The fraction of sp³-hybridized carbons (Fsp3) is 0.278. The maximum Gasteiger partial charge on any atom is 0.240 e. The number of aromatic hydroxyl groups is 1. The molecule has 26 heavy (non-hydrogen) atoms. The van der Waals surface area contributed by atoms with E-state index in [1.54, 1.807) is 17.0 Å². The standard InChI is InChI=1S/C18H19FN4O3/c19-13-3-1-12(2-4-13)11-23-8-7-15(18(23)26)20-10-17(25)22-16-6-5-14(24)9-21-16/h1-6,9,15,20,24H,7-8,10-11H2,(H,21,22,25)/t15-/m1/s1. The molecule has 1 aromatic carbocycles. The van der Waals surface area contributed by atoms with Crippen LogP contribution in [0, 0.1) is 5.82 Å². The van der Waals surface area contributed by atoms with E-state index in [0.717, 1.165) is 5.56 Å². The summed E-state index contributed by atoms with van der Waals surface area (Å²) in [5.41, 5.74) is 0.858. The maximum atomic E-state index is 12.9. The molecule has 2 heterocycles. The second kappa shape index (κ2) is 7.92. The van der Waals surface area contributed by atoms with Gasteiger partial charge >= 0.3 is 0 Å². The number of rotatable bonds is 6. The van der Waals surface area contributed by atoms with Crippen LogP contribution in [0.15, 0.2) is 42.6 Å². The molecule has 2 aromatic rings. The van der Waals surface area contributed by atoms with Gasteiger partial charge in [-0.25, -0.2) is 9.37 Å². The van der Waals surface area contributed by atoms with Crippen LogP contribution in [0.2, 0.25) is 0 Å². The summed E-state index contributed by atoms with van der Waals surface area (Å²) in [6.45, 7) is 0.972. The fourth-order valence-electron chi connectivity index (χ4n) is 2.76. The van der Waals surface area contributed by atoms with Crippen LogP contribution in [-0.2, 0) is 16.1 Å². The first-order valence-electron chi connectivity index (χ1n) is 8.23. The van der Waals surface area contributed by atoms with Crippen LogP contribution in [0.3, 0.4) is 0 Å². The Hall–Kier alpha value is -3.00. The molecule has 0 spiro atoms. The van der Waals surface area contributed by atoms with E-state index in [0.29, 0.717) is 25.3 Å². The molecule has 8 heteroatoms. The van der Waals surface area contributed by atoms with E-state index < -0.39 is 6.04 Å². The van der Waals surface area contributed by atoms with E-state index in [1.807, 2.05) is 0 Å². The second-order valence-electron chi connectivity index (χ2n) is 6.06. The molecular weight excluding hydrogens is 339 g/mol. The van der Waals surface area contributed by atoms with Crippen LogP contribution >= 0.6 is 0 Å². The van der Waals surface area contributed by atoms with E-state index in [-0.39, 0.29) is 29.9 Å². The van der Waals surface area contributed by atoms with Gasteiger partial charge in [0.25, 0.3) is 0 Å². The zero-order chi connectivity index (χ0) is 18.5. The van der Waals surface area contributed by atoms with Gasteiger partial charge < -0.3 is 15.3 Å². The lowest BCUT2D eigenvalue weighted by atomic mass is 10.2. The van der Waals surface area contributed by atoms with Gasteiger partial charge in [-0.05, 0) is 36.2 Å². The number of anilines is 1. The van der Waals surface area contributed by atoms with Gasteiger partial charge in [-0.3, -0.25) is 14.9 Å². The van der Waals surface area contributed by atoms with Crippen molar-refractivity contribution in [2.75, 3.05) is 18.4 Å². The topological polar surface area (TPSA) is 94.6 Å². The Bertz CT molecular complexity index is 780. The molecule has 0 bridgehead atoms. The predicted molar refractivity (Wildman–Crippen MR) is 92.8 cm³/mol. The first-order valence-corrected chi connectivity index (χ1v) is 8.23. The number of carbonyl (C=O) groups is 2. The third-order valence-electron chi connectivity index (χ3n) is 4.11. The average molecular weight is 358 g/mol. The number of hydrogen-bond acceptors (Lipinski definition) is 5. The van der Waals surface area contributed by atoms with Crippen molar-refractivity contribution in [3.63, 3.8) is 0 Å². The number of carbonyl (C=O) groups excluding carboxylic acids is 2. The minimum Gasteiger partial charge on any atom is -0.506 e. The van der Waals surface area contributed by atoms with Gasteiger partial charge in [0.05, 0.1) is 18.8 Å². The maximum absolute atomic E-state index is 12.9. The second-order valence-corrected chi connectivity index (χ2v) is 6.06. The van der Waals surface area contributed by atoms with Gasteiger partial charge in [-0.1, -0.05) is 12.1 Å². The smallest absolute Gasteiger partial charge is 0.240 e. The number of hydrogen-bond donors (Lipinski definition) is 3. The molecule has 1 aliphatic heterocycles. The molecule has 0 unspecified atom stereocenters. The van der Waals surface area contributed by atoms with Crippen molar-refractivity contribution >= 4 is 17.6 Å². The highest BCUT2D eigenvalue weighted by Crippen LogP contribution is 2.15. The van der Waals surface area contributed by atoms with Crippen molar-refractivity contribution in [3.8, 4) is 5.75 Å². The summed E-state index contributed by atoms with van der Waals surface area (Å²) in [7, 11) is 0. The van der Waals surface area contributed by atoms with Crippen molar-refractivity contribution in [3.05, 3.63) is 54.0 Å². The zero-order valence-corrected chi connectivity index (χ0v) is 14.0. The summed E-state index contributed by atoms with van der Waals surface area (Å²) in [6.07, 6.45) is 1.83. The number of nitrogens with zero attached hydrogens (tertiary/aromatic N) is 2. The molecule has 3 N–H and O–H groups in total. The number of nitrogens with one attached hydrogen (secondary N) is 2. The Kier molecular flexibility index (Phi) is 5.43. The summed E-state index contributed by atoms with van der Waals surface area (Å²) in [4.78, 5) is 29.9. The molecule has 1 atom stereocenters. The zero-order valence-electron chi connectivity index (χ0n) is 14.0. The highest BCUT2D eigenvalue weighted by molar-refractivity contribution is 5.92. The highest BCUT2D eigenvalue weighted by Gasteiger charge is 2.31. The predicted octanol–water partition coefficient (Wildman–Crippen LogP) is 1.26. The van der Waals surface area contributed by atoms with Gasteiger partial charge in [0.2, 0.25) is 11.8 Å². The molecule has 1 saturated heterocycles. The summed E-state index contributed by atoms with van der Waals surface area (Å²) in [6, 6.07) is 8.53. The van der Waals surface area contributed by atoms with E-state index in [1.165, 1.54) is 30.5 Å². The minimum absolute atomic E-state index is 0.0129. The molecule has 0 saturated carbocycles. The fourth-order valence-corrected chi connectivity index (χ4v) is 2.76. The number of halogens is 1. The quantitative estimate of drug-likeness (QED) is 0.723. The molecule has 2 amide bonds. The van der Waals surface area contributed by atoms with Crippen molar-refractivity contribution in [2.45, 2.75) is 19.0 Å². The van der Waals surface area contributed by atoms with E-state index >= 15 is 0 Å². The summed E-state index contributed by atoms with van der Waals surface area (Å²) in [5, 5.41) is 14.7. The molecule has 1 aliphatic rings. The number of likely N-dealkylation sites (tertiary alicyclic amines) is 1. The van der Waals surface area contributed by atoms with Crippen LogP contribution in [0.1, 0.15) is 12.0 Å². The van der Waals surface area contributed by atoms with Gasteiger partial charge in [-0.15, -0.1) is 0 Å². The number of aromatic nitrogens is 1. The van der Waals surface area contributed by atoms with Gasteiger partial charge in [0.1, 0.15) is 17.4 Å². The van der Waals surface area contributed by atoms with E-state index in [4.69, 9.17) is 5.11 Å². The Morgan fingerprint density at radius 2 is 2.04 bits per heavy atom. The van der Waals surface area contributed by atoms with Gasteiger partial charge in [0, 0.05) is 13.1 Å². The summed E-state index contributed by atoms with van der Waals surface area (Å²) >= 11 is 0. The van der Waals surface area contributed by atoms with Gasteiger partial charge in [0.15, 0.2) is 0 Å². The van der Waals surface area contributed by atoms with Crippen molar-refractivity contribution in [2.24, 2.45) is 0 Å². The molecule has 7 nitrogen and oxygen atoms in total. The van der Waals surface area contributed by atoms with Crippen LogP contribution in [0.4, 0.5) is 10.2 Å².